The van der Waals surface area contributed by atoms with Crippen LogP contribution >= 0.6 is 48.0 Å². The Labute approximate surface area is 194 Å². The fraction of sp³-hybridized carbons (Fsp3) is 0.889. The number of rotatable bonds is 12. The van der Waals surface area contributed by atoms with Gasteiger partial charge in [0.25, 0.3) is 0 Å². The average Bonchev–Trinajstić information content (AvgIpc) is 3.17. The zero-order chi connectivity index (χ0) is 17.2. The second-order valence-electron chi connectivity index (χ2n) is 7.30. The van der Waals surface area contributed by atoms with E-state index in [2.05, 4.69) is 51.0 Å². The maximum Gasteiger partial charge on any atom is 0.112 e. The molecular weight excluding hydrogens is 554 g/mol. The van der Waals surface area contributed by atoms with E-state index in [1.54, 1.807) is 0 Å². The summed E-state index contributed by atoms with van der Waals surface area (Å²) >= 11 is 0. The number of hydrogen-bond acceptors (Lipinski definition) is 6. The van der Waals surface area contributed by atoms with E-state index >= 15 is 0 Å². The third-order valence-electron chi connectivity index (χ3n) is 4.80. The summed E-state index contributed by atoms with van der Waals surface area (Å²) in [5.74, 6) is 0. The Hall–Kier alpha value is 0.000000000000000222. The van der Waals surface area contributed by atoms with Crippen LogP contribution in [0, 0.1) is 0 Å². The molecule has 0 saturated heterocycles. The lowest BCUT2D eigenvalue weighted by Crippen LogP contribution is -2.41. The first-order valence-corrected chi connectivity index (χ1v) is 9.69. The molecule has 0 radical (unpaired) electrons. The van der Waals surface area contributed by atoms with Crippen LogP contribution < -0.4 is 0 Å². The van der Waals surface area contributed by atoms with Gasteiger partial charge in [0.1, 0.15) is 26.0 Å². The van der Waals surface area contributed by atoms with Crippen LogP contribution in [0.3, 0.4) is 0 Å². The zero-order valence-corrected chi connectivity index (χ0v) is 21.4. The van der Waals surface area contributed by atoms with E-state index in [-0.39, 0.29) is 48.0 Å². The Morgan fingerprint density at radius 1 is 0.808 bits per heavy atom. The summed E-state index contributed by atoms with van der Waals surface area (Å²) in [5, 5.41) is 13.4. The zero-order valence-electron chi connectivity index (χ0n) is 16.7. The average molecular weight is 592 g/mol. The molecule has 2 rings (SSSR count). The molecular formula is C18H38I2N6. The molecule has 0 fully saturated rings. The highest BCUT2D eigenvalue weighted by molar-refractivity contribution is 14.0. The van der Waals surface area contributed by atoms with Gasteiger partial charge in [-0.3, -0.25) is 10.0 Å². The van der Waals surface area contributed by atoms with Gasteiger partial charge in [0.05, 0.1) is 12.6 Å². The molecule has 0 aromatic heterocycles. The molecule has 26 heavy (non-hydrogen) atoms. The molecule has 6 nitrogen and oxygen atoms in total. The Morgan fingerprint density at radius 3 is 1.92 bits per heavy atom. The molecule has 1 unspecified atom stereocenters. The third kappa shape index (κ3) is 9.80. The van der Waals surface area contributed by atoms with E-state index in [9.17, 15) is 0 Å². The normalized spacial score (nSPS) is 16.9. The fourth-order valence-corrected chi connectivity index (χ4v) is 3.35. The lowest BCUT2D eigenvalue weighted by atomic mass is 10.0. The van der Waals surface area contributed by atoms with Crippen molar-refractivity contribution in [3.63, 3.8) is 0 Å². The van der Waals surface area contributed by atoms with Gasteiger partial charge in [0.2, 0.25) is 0 Å². The lowest BCUT2D eigenvalue weighted by Gasteiger charge is -2.30. The van der Waals surface area contributed by atoms with Gasteiger partial charge in [-0.2, -0.15) is 10.2 Å². The molecule has 8 heteroatoms. The van der Waals surface area contributed by atoms with Gasteiger partial charge in [0.15, 0.2) is 0 Å². The summed E-state index contributed by atoms with van der Waals surface area (Å²) < 4.78 is 0. The standard InChI is InChI=1S/C18H36N6.2HI/c1-4-5-6-7-8-9-10-11-12-18(24-17-22(3)15-20-24)13-23-16-21(2)14-19-23;;/h14-15,18H,4-13,16-17H2,1-3H3;2*1H. The van der Waals surface area contributed by atoms with Gasteiger partial charge in [-0.1, -0.05) is 58.3 Å². The molecule has 2 aliphatic heterocycles. The third-order valence-corrected chi connectivity index (χ3v) is 4.80. The lowest BCUT2D eigenvalue weighted by molar-refractivity contribution is 0.117. The van der Waals surface area contributed by atoms with Gasteiger partial charge < -0.3 is 9.80 Å². The van der Waals surface area contributed by atoms with E-state index in [4.69, 9.17) is 0 Å². The molecule has 0 saturated carbocycles. The smallest absolute Gasteiger partial charge is 0.112 e. The second kappa shape index (κ2) is 15.0. The van der Waals surface area contributed by atoms with Crippen LogP contribution in [-0.2, 0) is 0 Å². The Balaban J connectivity index is 0.00000312. The first-order valence-electron chi connectivity index (χ1n) is 9.69. The first kappa shape index (κ1) is 26.0. The first-order chi connectivity index (χ1) is 11.7. The Kier molecular flexibility index (Phi) is 15.0. The molecule has 2 heterocycles. The quantitative estimate of drug-likeness (QED) is 0.249. The molecule has 0 aromatic rings. The minimum absolute atomic E-state index is 0. The molecule has 0 amide bonds. The highest BCUT2D eigenvalue weighted by atomic mass is 127. The van der Waals surface area contributed by atoms with E-state index in [1.807, 2.05) is 12.7 Å². The highest BCUT2D eigenvalue weighted by Gasteiger charge is 2.24. The molecule has 1 atom stereocenters. The van der Waals surface area contributed by atoms with Crippen molar-refractivity contribution in [2.45, 2.75) is 70.8 Å². The van der Waals surface area contributed by atoms with Crippen molar-refractivity contribution < 1.29 is 0 Å². The van der Waals surface area contributed by atoms with Crippen molar-refractivity contribution in [2.24, 2.45) is 10.2 Å². The van der Waals surface area contributed by atoms with Crippen molar-refractivity contribution in [3.05, 3.63) is 0 Å². The van der Waals surface area contributed by atoms with E-state index < -0.39 is 0 Å². The van der Waals surface area contributed by atoms with Gasteiger partial charge in [0, 0.05) is 14.1 Å². The minimum Gasteiger partial charge on any atom is -0.345 e. The summed E-state index contributed by atoms with van der Waals surface area (Å²) in [6.07, 6.45) is 16.0. The minimum atomic E-state index is 0. The van der Waals surface area contributed by atoms with Crippen LogP contribution in [0.15, 0.2) is 10.2 Å². The van der Waals surface area contributed by atoms with E-state index in [0.717, 1.165) is 19.9 Å². The van der Waals surface area contributed by atoms with E-state index in [1.165, 1.54) is 57.8 Å². The van der Waals surface area contributed by atoms with Crippen LogP contribution in [0.1, 0.15) is 64.7 Å². The predicted molar refractivity (Wildman–Crippen MR) is 133 cm³/mol. The van der Waals surface area contributed by atoms with Crippen LogP contribution in [0.2, 0.25) is 0 Å². The van der Waals surface area contributed by atoms with Crippen molar-refractivity contribution in [3.8, 4) is 0 Å². The number of halogens is 2. The largest absolute Gasteiger partial charge is 0.345 e. The highest BCUT2D eigenvalue weighted by Crippen LogP contribution is 2.17. The van der Waals surface area contributed by atoms with Crippen LogP contribution in [0.5, 0.6) is 0 Å². The van der Waals surface area contributed by atoms with Gasteiger partial charge in [-0.25, -0.2) is 0 Å². The van der Waals surface area contributed by atoms with Crippen molar-refractivity contribution in [1.29, 1.82) is 0 Å². The summed E-state index contributed by atoms with van der Waals surface area (Å²) in [6, 6.07) is 0.454. The van der Waals surface area contributed by atoms with Crippen LogP contribution in [-0.4, -0.2) is 72.5 Å². The van der Waals surface area contributed by atoms with Crippen LogP contribution in [0.25, 0.3) is 0 Å². The summed E-state index contributed by atoms with van der Waals surface area (Å²) in [5.41, 5.74) is 0. The van der Waals surface area contributed by atoms with Gasteiger partial charge >= 0.3 is 0 Å². The van der Waals surface area contributed by atoms with Crippen molar-refractivity contribution in [2.75, 3.05) is 34.0 Å². The molecule has 154 valence electrons. The second-order valence-corrected chi connectivity index (χ2v) is 7.30. The van der Waals surface area contributed by atoms with E-state index in [0.29, 0.717) is 6.04 Å². The maximum absolute atomic E-state index is 4.57. The van der Waals surface area contributed by atoms with Crippen molar-refractivity contribution >= 4 is 60.6 Å². The number of nitrogens with zero attached hydrogens (tertiary/aromatic N) is 6. The number of hydrogen-bond donors (Lipinski definition) is 0. The monoisotopic (exact) mass is 592 g/mol. The molecule has 2 aliphatic rings. The van der Waals surface area contributed by atoms with Crippen LogP contribution in [0.4, 0.5) is 0 Å². The summed E-state index contributed by atoms with van der Waals surface area (Å²) in [7, 11) is 4.15. The predicted octanol–water partition coefficient (Wildman–Crippen LogP) is 4.42. The Bertz CT molecular complexity index is 407. The van der Waals surface area contributed by atoms with Gasteiger partial charge in [-0.05, 0) is 6.42 Å². The number of hydrazone groups is 2. The summed E-state index contributed by atoms with van der Waals surface area (Å²) in [6.45, 7) is 5.03. The van der Waals surface area contributed by atoms with Crippen molar-refractivity contribution in [1.82, 2.24) is 19.8 Å². The molecule has 0 N–H and O–H groups in total. The molecule has 0 bridgehead atoms. The topological polar surface area (TPSA) is 37.7 Å². The molecule has 0 aromatic carbocycles. The molecule has 0 aliphatic carbocycles. The Morgan fingerprint density at radius 2 is 1.38 bits per heavy atom. The number of unbranched alkanes of at least 4 members (excludes halogenated alkanes) is 7. The fourth-order valence-electron chi connectivity index (χ4n) is 3.35. The SMILES string of the molecule is CCCCCCCCCCC(CN1CN(C)C=N1)N1CN(C)C=N1.I.I. The molecule has 0 spiro atoms. The van der Waals surface area contributed by atoms with Gasteiger partial charge in [-0.15, -0.1) is 48.0 Å². The maximum atomic E-state index is 4.57. The summed E-state index contributed by atoms with van der Waals surface area (Å²) in [4.78, 5) is 4.26.